The van der Waals surface area contributed by atoms with Gasteiger partial charge in [-0.2, -0.15) is 0 Å². The van der Waals surface area contributed by atoms with Gasteiger partial charge in [0.2, 0.25) is 5.91 Å². The number of hydrogen-bond acceptors (Lipinski definition) is 3. The lowest BCUT2D eigenvalue weighted by Crippen LogP contribution is -2.41. The van der Waals surface area contributed by atoms with Gasteiger partial charge in [0, 0.05) is 13.1 Å². The van der Waals surface area contributed by atoms with Crippen LogP contribution in [0.3, 0.4) is 0 Å². The highest BCUT2D eigenvalue weighted by Gasteiger charge is 2.26. The number of carbonyl (C=O) groups excluding carboxylic acids is 1. The van der Waals surface area contributed by atoms with Crippen molar-refractivity contribution in [1.29, 1.82) is 0 Å². The van der Waals surface area contributed by atoms with Crippen LogP contribution in [0.4, 0.5) is 0 Å². The molecule has 1 atom stereocenters. The van der Waals surface area contributed by atoms with Crippen molar-refractivity contribution in [3.8, 4) is 0 Å². The highest BCUT2D eigenvalue weighted by molar-refractivity contribution is 5.85. The fourth-order valence-electron chi connectivity index (χ4n) is 2.36. The second kappa shape index (κ2) is 9.19. The van der Waals surface area contributed by atoms with Crippen LogP contribution in [-0.4, -0.2) is 23.4 Å². The molecule has 1 aliphatic heterocycles. The number of hydrogen-bond donors (Lipinski definition) is 2. The Balaban J connectivity index is 0.00000180. The van der Waals surface area contributed by atoms with Crippen LogP contribution in [0.5, 0.6) is 0 Å². The van der Waals surface area contributed by atoms with Gasteiger partial charge in [-0.25, -0.2) is 0 Å². The Morgan fingerprint density at radius 3 is 2.20 bits per heavy atom. The van der Waals surface area contributed by atoms with Gasteiger partial charge in [0.1, 0.15) is 0 Å². The summed E-state index contributed by atoms with van der Waals surface area (Å²) in [6, 6.07) is 7.78. The normalized spacial score (nSPS) is 14.0. The van der Waals surface area contributed by atoms with E-state index in [0.29, 0.717) is 19.6 Å². The number of carbonyl (C=O) groups is 1. The first-order valence-corrected chi connectivity index (χ1v) is 6.53. The first-order valence-electron chi connectivity index (χ1n) is 6.53. The SMILES string of the molecule is Cl.Cl.NCCCCC(N)C(=O)N1Cc2ccccc2C1. The summed E-state index contributed by atoms with van der Waals surface area (Å²) in [6.07, 6.45) is 2.58. The van der Waals surface area contributed by atoms with Crippen LogP contribution in [0.15, 0.2) is 24.3 Å². The van der Waals surface area contributed by atoms with Crippen molar-refractivity contribution < 1.29 is 4.79 Å². The number of halogens is 2. The molecule has 0 saturated carbocycles. The zero-order valence-corrected chi connectivity index (χ0v) is 13.1. The predicted octanol–water partition coefficient (Wildman–Crippen LogP) is 1.83. The first kappa shape index (κ1) is 19.2. The molecular formula is C14H23Cl2N3O. The van der Waals surface area contributed by atoms with Gasteiger partial charge in [0.25, 0.3) is 0 Å². The van der Waals surface area contributed by atoms with E-state index < -0.39 is 0 Å². The molecule has 1 heterocycles. The van der Waals surface area contributed by atoms with Crippen LogP contribution in [0.25, 0.3) is 0 Å². The minimum Gasteiger partial charge on any atom is -0.333 e. The molecule has 1 amide bonds. The lowest BCUT2D eigenvalue weighted by atomic mass is 10.1. The van der Waals surface area contributed by atoms with Crippen LogP contribution < -0.4 is 11.5 Å². The Morgan fingerprint density at radius 1 is 1.15 bits per heavy atom. The summed E-state index contributed by atoms with van der Waals surface area (Å²) in [5, 5.41) is 0. The van der Waals surface area contributed by atoms with Crippen LogP contribution in [0, 0.1) is 0 Å². The van der Waals surface area contributed by atoms with E-state index in [4.69, 9.17) is 11.5 Å². The van der Waals surface area contributed by atoms with Gasteiger partial charge in [-0.05, 0) is 30.5 Å². The highest BCUT2D eigenvalue weighted by Crippen LogP contribution is 2.22. The Hall–Kier alpha value is -0.810. The lowest BCUT2D eigenvalue weighted by Gasteiger charge is -2.20. The van der Waals surface area contributed by atoms with E-state index >= 15 is 0 Å². The van der Waals surface area contributed by atoms with Crippen LogP contribution >= 0.6 is 24.8 Å². The molecule has 20 heavy (non-hydrogen) atoms. The average Bonchev–Trinajstić information content (AvgIpc) is 2.81. The summed E-state index contributed by atoms with van der Waals surface area (Å²) in [4.78, 5) is 14.0. The zero-order chi connectivity index (χ0) is 13.0. The number of benzene rings is 1. The van der Waals surface area contributed by atoms with Gasteiger partial charge < -0.3 is 16.4 Å². The molecule has 2 rings (SSSR count). The maximum atomic E-state index is 12.2. The number of nitrogens with two attached hydrogens (primary N) is 2. The van der Waals surface area contributed by atoms with Crippen molar-refractivity contribution >= 4 is 30.7 Å². The van der Waals surface area contributed by atoms with Gasteiger partial charge in [0.05, 0.1) is 6.04 Å². The fourth-order valence-corrected chi connectivity index (χ4v) is 2.36. The van der Waals surface area contributed by atoms with Crippen molar-refractivity contribution in [1.82, 2.24) is 4.90 Å². The molecule has 0 fully saturated rings. The summed E-state index contributed by atoms with van der Waals surface area (Å²) in [6.45, 7) is 2.05. The molecule has 0 bridgehead atoms. The van der Waals surface area contributed by atoms with Crippen molar-refractivity contribution in [2.24, 2.45) is 11.5 Å². The molecule has 0 aromatic heterocycles. The van der Waals surface area contributed by atoms with E-state index in [1.807, 2.05) is 17.0 Å². The van der Waals surface area contributed by atoms with Gasteiger partial charge in [-0.15, -0.1) is 24.8 Å². The lowest BCUT2D eigenvalue weighted by molar-refractivity contribution is -0.133. The number of amides is 1. The number of rotatable bonds is 5. The Bertz CT molecular complexity index is 404. The monoisotopic (exact) mass is 319 g/mol. The number of unbranched alkanes of at least 4 members (excludes halogenated alkanes) is 1. The Kier molecular flexibility index (Phi) is 8.81. The predicted molar refractivity (Wildman–Crippen MR) is 86.1 cm³/mol. The third-order valence-corrected chi connectivity index (χ3v) is 3.44. The largest absolute Gasteiger partial charge is 0.333 e. The van der Waals surface area contributed by atoms with E-state index in [1.54, 1.807) is 0 Å². The number of nitrogens with zero attached hydrogens (tertiary/aromatic N) is 1. The van der Waals surface area contributed by atoms with E-state index in [9.17, 15) is 4.79 Å². The van der Waals surface area contributed by atoms with E-state index in [2.05, 4.69) is 12.1 Å². The molecule has 1 aromatic carbocycles. The highest BCUT2D eigenvalue weighted by atomic mass is 35.5. The van der Waals surface area contributed by atoms with Crippen molar-refractivity contribution in [3.63, 3.8) is 0 Å². The first-order chi connectivity index (χ1) is 8.72. The van der Waals surface area contributed by atoms with Crippen LogP contribution in [0.1, 0.15) is 30.4 Å². The topological polar surface area (TPSA) is 72.3 Å². The van der Waals surface area contributed by atoms with E-state index in [-0.39, 0.29) is 36.8 Å². The fraction of sp³-hybridized carbons (Fsp3) is 0.500. The van der Waals surface area contributed by atoms with Gasteiger partial charge >= 0.3 is 0 Å². The molecule has 0 spiro atoms. The number of fused-ring (bicyclic) bond motifs is 1. The summed E-state index contributed by atoms with van der Waals surface area (Å²) < 4.78 is 0. The summed E-state index contributed by atoms with van der Waals surface area (Å²) in [5.74, 6) is 0.0585. The summed E-state index contributed by atoms with van der Waals surface area (Å²) >= 11 is 0. The Morgan fingerprint density at radius 2 is 1.70 bits per heavy atom. The maximum Gasteiger partial charge on any atom is 0.240 e. The van der Waals surface area contributed by atoms with E-state index in [0.717, 1.165) is 19.3 Å². The minimum absolute atomic E-state index is 0. The molecule has 4 nitrogen and oxygen atoms in total. The Labute approximate surface area is 132 Å². The molecule has 1 aromatic rings. The molecule has 1 aliphatic rings. The maximum absolute atomic E-state index is 12.2. The van der Waals surface area contributed by atoms with Gasteiger partial charge in [0.15, 0.2) is 0 Å². The molecule has 6 heteroatoms. The second-order valence-corrected chi connectivity index (χ2v) is 4.85. The standard InChI is InChI=1S/C14H21N3O.2ClH/c15-8-4-3-7-13(16)14(18)17-9-11-5-1-2-6-12(11)10-17;;/h1-2,5-6,13H,3-4,7-10,15-16H2;2*1H. The minimum atomic E-state index is -0.383. The smallest absolute Gasteiger partial charge is 0.240 e. The molecule has 0 saturated heterocycles. The van der Waals surface area contributed by atoms with Crippen LogP contribution in [-0.2, 0) is 17.9 Å². The second-order valence-electron chi connectivity index (χ2n) is 4.85. The third kappa shape index (κ3) is 4.63. The van der Waals surface area contributed by atoms with Gasteiger partial charge in [-0.1, -0.05) is 30.7 Å². The van der Waals surface area contributed by atoms with Crippen LogP contribution in [0.2, 0.25) is 0 Å². The van der Waals surface area contributed by atoms with Crippen molar-refractivity contribution in [3.05, 3.63) is 35.4 Å². The molecule has 1 unspecified atom stereocenters. The summed E-state index contributed by atoms with van der Waals surface area (Å²) in [5.41, 5.74) is 13.8. The molecular weight excluding hydrogens is 297 g/mol. The average molecular weight is 320 g/mol. The van der Waals surface area contributed by atoms with Gasteiger partial charge in [-0.3, -0.25) is 4.79 Å². The van der Waals surface area contributed by atoms with Crippen molar-refractivity contribution in [2.45, 2.75) is 38.4 Å². The van der Waals surface area contributed by atoms with E-state index in [1.165, 1.54) is 11.1 Å². The quantitative estimate of drug-likeness (QED) is 0.813. The molecule has 0 radical (unpaired) electrons. The third-order valence-electron chi connectivity index (χ3n) is 3.44. The summed E-state index contributed by atoms with van der Waals surface area (Å²) in [7, 11) is 0. The zero-order valence-electron chi connectivity index (χ0n) is 11.5. The van der Waals surface area contributed by atoms with Crippen molar-refractivity contribution in [2.75, 3.05) is 6.54 Å². The molecule has 4 N–H and O–H groups in total. The molecule has 0 aliphatic carbocycles. The molecule has 114 valence electrons.